The van der Waals surface area contributed by atoms with Crippen LogP contribution in [0, 0.1) is 27.7 Å². The van der Waals surface area contributed by atoms with Crippen LogP contribution in [-0.2, 0) is 13.5 Å². The number of benzene rings is 3. The third kappa shape index (κ3) is 5.49. The van der Waals surface area contributed by atoms with E-state index < -0.39 is 5.97 Å². The first-order chi connectivity index (χ1) is 23.9. The quantitative estimate of drug-likeness (QED) is 0.158. The molecule has 0 spiro atoms. The Kier molecular flexibility index (Phi) is 8.60. The number of fused-ring (bicyclic) bond motifs is 4. The van der Waals surface area contributed by atoms with Crippen molar-refractivity contribution in [2.45, 2.75) is 53.5 Å². The zero-order chi connectivity index (χ0) is 35.6. The van der Waals surface area contributed by atoms with Crippen LogP contribution in [0.4, 0.5) is 5.69 Å². The molecule has 6 aromatic rings. The summed E-state index contributed by atoms with van der Waals surface area (Å²) in [6.07, 6.45) is 4.67. The highest BCUT2D eigenvalue weighted by atomic mass is 35.5. The SMILES string of the molecule is Cc1cc(OCCCc2c3n(c4c(-c5c(C)ncnc5C)c(Cl)ccc24)C(C)CN(c2cn(C)c4ccc(C(=O)O)cc24)C3=O)cc(C)c1Cl. The Labute approximate surface area is 300 Å². The molecule has 1 atom stereocenters. The van der Waals surface area contributed by atoms with Gasteiger partial charge in [0.15, 0.2) is 0 Å². The van der Waals surface area contributed by atoms with E-state index in [-0.39, 0.29) is 17.5 Å². The lowest BCUT2D eigenvalue weighted by atomic mass is 9.97. The zero-order valence-corrected chi connectivity index (χ0v) is 30.3. The minimum Gasteiger partial charge on any atom is -0.494 e. The number of carboxylic acid groups (broad SMARTS) is 1. The van der Waals surface area contributed by atoms with Gasteiger partial charge in [-0.3, -0.25) is 4.79 Å². The Morgan fingerprint density at radius 1 is 0.980 bits per heavy atom. The number of ether oxygens (including phenoxy) is 1. The lowest BCUT2D eigenvalue weighted by molar-refractivity contribution is 0.0696. The highest BCUT2D eigenvalue weighted by Crippen LogP contribution is 2.45. The highest BCUT2D eigenvalue weighted by molar-refractivity contribution is 6.35. The van der Waals surface area contributed by atoms with Gasteiger partial charge in [-0.05, 0) is 101 Å². The first-order valence-corrected chi connectivity index (χ1v) is 17.3. The number of carbonyl (C=O) groups is 2. The van der Waals surface area contributed by atoms with Crippen LogP contribution in [0.1, 0.15) is 68.3 Å². The summed E-state index contributed by atoms with van der Waals surface area (Å²) in [5.41, 5.74) is 9.20. The number of aromatic carboxylic acids is 1. The molecule has 1 aliphatic heterocycles. The van der Waals surface area contributed by atoms with Crippen LogP contribution < -0.4 is 9.64 Å². The van der Waals surface area contributed by atoms with Crippen molar-refractivity contribution >= 4 is 62.6 Å². The first kappa shape index (κ1) is 33.6. The molecular weight excluding hydrogens is 673 g/mol. The van der Waals surface area contributed by atoms with Crippen LogP contribution in [-0.4, -0.2) is 49.2 Å². The lowest BCUT2D eigenvalue weighted by Gasteiger charge is -2.34. The number of hydrogen-bond acceptors (Lipinski definition) is 5. The number of halogens is 2. The summed E-state index contributed by atoms with van der Waals surface area (Å²) in [5, 5.41) is 12.7. The molecule has 1 unspecified atom stereocenters. The molecule has 1 N–H and O–H groups in total. The monoisotopic (exact) mass is 709 g/mol. The third-order valence-corrected chi connectivity index (χ3v) is 10.7. The number of aromatic nitrogens is 4. The maximum atomic E-state index is 14.9. The van der Waals surface area contributed by atoms with E-state index in [0.29, 0.717) is 47.8 Å². The minimum atomic E-state index is -1.02. The van der Waals surface area contributed by atoms with Gasteiger partial charge in [0.25, 0.3) is 5.91 Å². The van der Waals surface area contributed by atoms with E-state index in [2.05, 4.69) is 21.5 Å². The van der Waals surface area contributed by atoms with E-state index in [9.17, 15) is 14.7 Å². The van der Waals surface area contributed by atoms with E-state index in [4.69, 9.17) is 27.9 Å². The molecule has 0 bridgehead atoms. The van der Waals surface area contributed by atoms with Crippen LogP contribution in [0.5, 0.6) is 5.75 Å². The molecule has 0 saturated heterocycles. The summed E-state index contributed by atoms with van der Waals surface area (Å²) in [6, 6.07) is 12.6. The summed E-state index contributed by atoms with van der Waals surface area (Å²) in [5.74, 6) is -0.425. The molecule has 3 aromatic carbocycles. The van der Waals surface area contributed by atoms with Crippen molar-refractivity contribution in [1.29, 1.82) is 0 Å². The Morgan fingerprint density at radius 3 is 2.36 bits per heavy atom. The molecule has 0 radical (unpaired) electrons. The smallest absolute Gasteiger partial charge is 0.335 e. The fourth-order valence-corrected chi connectivity index (χ4v) is 7.83. The molecule has 7 rings (SSSR count). The zero-order valence-electron chi connectivity index (χ0n) is 28.8. The van der Waals surface area contributed by atoms with Crippen molar-refractivity contribution in [2.75, 3.05) is 18.1 Å². The molecular formula is C39H37Cl2N5O4. The largest absolute Gasteiger partial charge is 0.494 e. The van der Waals surface area contributed by atoms with Gasteiger partial charge in [-0.2, -0.15) is 0 Å². The van der Waals surface area contributed by atoms with E-state index in [1.807, 2.05) is 69.8 Å². The number of aryl methyl sites for hydroxylation is 6. The Morgan fingerprint density at radius 2 is 1.68 bits per heavy atom. The highest BCUT2D eigenvalue weighted by Gasteiger charge is 2.37. The maximum Gasteiger partial charge on any atom is 0.335 e. The molecule has 3 aromatic heterocycles. The molecule has 9 nitrogen and oxygen atoms in total. The van der Waals surface area contributed by atoms with Gasteiger partial charge in [0.05, 0.1) is 28.4 Å². The van der Waals surface area contributed by atoms with E-state index in [1.54, 1.807) is 29.4 Å². The van der Waals surface area contributed by atoms with Crippen molar-refractivity contribution in [1.82, 2.24) is 19.1 Å². The van der Waals surface area contributed by atoms with Gasteiger partial charge < -0.3 is 23.9 Å². The van der Waals surface area contributed by atoms with Crippen molar-refractivity contribution < 1.29 is 19.4 Å². The van der Waals surface area contributed by atoms with Crippen LogP contribution in [0.2, 0.25) is 10.0 Å². The minimum absolute atomic E-state index is 0.157. The van der Waals surface area contributed by atoms with Crippen molar-refractivity contribution in [2.24, 2.45) is 7.05 Å². The topological polar surface area (TPSA) is 102 Å². The van der Waals surface area contributed by atoms with Gasteiger partial charge in [0, 0.05) is 69.7 Å². The molecule has 0 fully saturated rings. The molecule has 4 heterocycles. The molecule has 50 heavy (non-hydrogen) atoms. The van der Waals surface area contributed by atoms with Crippen molar-refractivity contribution in [3.05, 3.63) is 104 Å². The maximum absolute atomic E-state index is 14.9. The Hall–Kier alpha value is -4.86. The number of rotatable bonds is 8. The second-order valence-corrected chi connectivity index (χ2v) is 14.0. The molecule has 11 heteroatoms. The summed E-state index contributed by atoms with van der Waals surface area (Å²) in [6.45, 7) is 10.7. The van der Waals surface area contributed by atoms with Crippen LogP contribution in [0.3, 0.4) is 0 Å². The number of carbonyl (C=O) groups excluding carboxylic acids is 1. The van der Waals surface area contributed by atoms with Gasteiger partial charge in [0.1, 0.15) is 17.8 Å². The van der Waals surface area contributed by atoms with E-state index in [1.165, 1.54) is 0 Å². The second-order valence-electron chi connectivity index (χ2n) is 13.2. The predicted octanol–water partition coefficient (Wildman–Crippen LogP) is 9.06. The van der Waals surface area contributed by atoms with Crippen LogP contribution in [0.25, 0.3) is 32.9 Å². The predicted molar refractivity (Wildman–Crippen MR) is 198 cm³/mol. The van der Waals surface area contributed by atoms with Gasteiger partial charge in [-0.15, -0.1) is 0 Å². The molecule has 0 saturated carbocycles. The fourth-order valence-electron chi connectivity index (χ4n) is 7.48. The van der Waals surface area contributed by atoms with E-state index in [0.717, 1.165) is 66.4 Å². The number of nitrogens with zero attached hydrogens (tertiary/aromatic N) is 5. The first-order valence-electron chi connectivity index (χ1n) is 16.5. The fraction of sp³-hybridized carbons (Fsp3) is 0.282. The molecule has 256 valence electrons. The number of anilines is 1. The normalized spacial score (nSPS) is 14.5. The summed E-state index contributed by atoms with van der Waals surface area (Å²) in [7, 11) is 1.90. The summed E-state index contributed by atoms with van der Waals surface area (Å²) in [4.78, 5) is 37.6. The van der Waals surface area contributed by atoms with Crippen molar-refractivity contribution in [3.8, 4) is 16.9 Å². The van der Waals surface area contributed by atoms with Gasteiger partial charge in [-0.25, -0.2) is 14.8 Å². The van der Waals surface area contributed by atoms with Gasteiger partial charge in [0.2, 0.25) is 0 Å². The average molecular weight is 711 g/mol. The summed E-state index contributed by atoms with van der Waals surface area (Å²) < 4.78 is 10.3. The summed E-state index contributed by atoms with van der Waals surface area (Å²) >= 11 is 13.4. The molecule has 1 amide bonds. The third-order valence-electron chi connectivity index (χ3n) is 9.79. The number of hydrogen-bond donors (Lipinski definition) is 1. The van der Waals surface area contributed by atoms with Crippen LogP contribution >= 0.6 is 23.2 Å². The second kappa shape index (κ2) is 12.8. The van der Waals surface area contributed by atoms with Crippen LogP contribution in [0.15, 0.2) is 55.0 Å². The Bertz CT molecular complexity index is 2330. The number of amides is 1. The van der Waals surface area contributed by atoms with Gasteiger partial charge >= 0.3 is 5.97 Å². The molecule has 1 aliphatic rings. The average Bonchev–Trinajstić information content (AvgIpc) is 3.59. The standard InChI is InChI=1S/C39H37Cl2N5O4/c1-20-14-26(15-21(2)35(20)41)50-13-7-8-27-28-10-11-30(40)34(33-23(4)42-19-43-24(33)5)36(28)46-22(3)17-45(38(47)37(27)46)32-18-44(6)31-12-9-25(39(48)49)16-29(31)32/h9-12,14-16,18-19,22H,7-8,13,17H2,1-6H3,(H,48,49). The Balaban J connectivity index is 1.38. The number of carboxylic acids is 1. The lowest BCUT2D eigenvalue weighted by Crippen LogP contribution is -2.42. The van der Waals surface area contributed by atoms with E-state index >= 15 is 0 Å². The van der Waals surface area contributed by atoms with Crippen molar-refractivity contribution in [3.63, 3.8) is 0 Å². The molecule has 0 aliphatic carbocycles. The van der Waals surface area contributed by atoms with Gasteiger partial charge in [-0.1, -0.05) is 29.3 Å².